The Morgan fingerprint density at radius 1 is 1.41 bits per heavy atom. The van der Waals surface area contributed by atoms with Gasteiger partial charge in [-0.15, -0.1) is 0 Å². The van der Waals surface area contributed by atoms with Crippen LogP contribution in [0.15, 0.2) is 36.4 Å². The predicted molar refractivity (Wildman–Crippen MR) is 69.9 cm³/mol. The van der Waals surface area contributed by atoms with Crippen molar-refractivity contribution < 1.29 is 13.5 Å². The number of hydrogen-bond acceptors (Lipinski definition) is 3. The van der Waals surface area contributed by atoms with E-state index in [4.69, 9.17) is 11.6 Å². The second kappa shape index (κ2) is 6.19. The molecule has 1 aromatic rings. The highest BCUT2D eigenvalue weighted by molar-refractivity contribution is 7.91. The maximum atomic E-state index is 11.6. The van der Waals surface area contributed by atoms with Gasteiger partial charge in [-0.2, -0.15) is 0 Å². The molecule has 0 spiro atoms. The molecule has 0 aliphatic rings. The van der Waals surface area contributed by atoms with Crippen LogP contribution in [0.1, 0.15) is 18.6 Å². The molecule has 0 heterocycles. The van der Waals surface area contributed by atoms with Gasteiger partial charge in [0.05, 0.1) is 17.6 Å². The van der Waals surface area contributed by atoms with Crippen LogP contribution >= 0.6 is 11.6 Å². The van der Waals surface area contributed by atoms with Crippen molar-refractivity contribution in [3.8, 4) is 0 Å². The second-order valence-electron chi connectivity index (χ2n) is 3.68. The summed E-state index contributed by atoms with van der Waals surface area (Å²) < 4.78 is 23.3. The number of hydrogen-bond donors (Lipinski definition) is 1. The Morgan fingerprint density at radius 2 is 2.06 bits per heavy atom. The number of allylic oxidation sites excluding steroid dienone is 1. The standard InChI is InChI=1S/C12H15ClO3S/c1-2-3-8-17(15,16)9-12(14)10-6-4-5-7-11(10)13/h2-7,12,14H,8-9H2,1H3. The first-order valence-electron chi connectivity index (χ1n) is 5.20. The third-order valence-corrected chi connectivity index (χ3v) is 4.13. The molecule has 1 N–H and O–H groups in total. The molecule has 0 amide bonds. The lowest BCUT2D eigenvalue weighted by molar-refractivity contribution is 0.202. The maximum Gasteiger partial charge on any atom is 0.156 e. The van der Waals surface area contributed by atoms with Crippen LogP contribution in [0.4, 0.5) is 0 Å². The zero-order chi connectivity index (χ0) is 12.9. The first-order chi connectivity index (χ1) is 7.96. The zero-order valence-electron chi connectivity index (χ0n) is 9.51. The van der Waals surface area contributed by atoms with Gasteiger partial charge in [-0.3, -0.25) is 0 Å². The van der Waals surface area contributed by atoms with Crippen LogP contribution in [0.2, 0.25) is 5.02 Å². The van der Waals surface area contributed by atoms with Gasteiger partial charge in [0.2, 0.25) is 0 Å². The number of sulfone groups is 1. The molecule has 1 aromatic carbocycles. The molecule has 0 radical (unpaired) electrons. The van der Waals surface area contributed by atoms with Gasteiger partial charge in [-0.1, -0.05) is 42.0 Å². The summed E-state index contributed by atoms with van der Waals surface area (Å²) in [5.41, 5.74) is 0.443. The van der Waals surface area contributed by atoms with E-state index in [1.54, 1.807) is 43.3 Å². The summed E-state index contributed by atoms with van der Waals surface area (Å²) >= 11 is 5.88. The highest BCUT2D eigenvalue weighted by atomic mass is 35.5. The molecule has 17 heavy (non-hydrogen) atoms. The van der Waals surface area contributed by atoms with E-state index in [0.717, 1.165) is 0 Å². The Morgan fingerprint density at radius 3 is 2.65 bits per heavy atom. The molecule has 0 aliphatic heterocycles. The first-order valence-corrected chi connectivity index (χ1v) is 7.40. The van der Waals surface area contributed by atoms with Crippen molar-refractivity contribution in [1.29, 1.82) is 0 Å². The van der Waals surface area contributed by atoms with Gasteiger partial charge in [-0.25, -0.2) is 8.42 Å². The average Bonchev–Trinajstić information content (AvgIpc) is 2.26. The Balaban J connectivity index is 2.80. The zero-order valence-corrected chi connectivity index (χ0v) is 11.1. The molecule has 0 aromatic heterocycles. The Bertz CT molecular complexity index is 494. The summed E-state index contributed by atoms with van der Waals surface area (Å²) in [5.74, 6) is -0.383. The van der Waals surface area contributed by atoms with Crippen molar-refractivity contribution in [3.05, 3.63) is 47.0 Å². The van der Waals surface area contributed by atoms with Gasteiger partial charge in [0.25, 0.3) is 0 Å². The first kappa shape index (κ1) is 14.2. The van der Waals surface area contributed by atoms with Crippen molar-refractivity contribution in [2.45, 2.75) is 13.0 Å². The molecule has 0 aliphatic carbocycles. The fourth-order valence-corrected chi connectivity index (χ4v) is 2.93. The number of aliphatic hydroxyl groups is 1. The van der Waals surface area contributed by atoms with Crippen molar-refractivity contribution in [2.75, 3.05) is 11.5 Å². The van der Waals surface area contributed by atoms with Gasteiger partial charge in [-0.05, 0) is 13.0 Å². The Labute approximate surface area is 107 Å². The molecule has 94 valence electrons. The smallest absolute Gasteiger partial charge is 0.156 e. The van der Waals surface area contributed by atoms with Crippen LogP contribution in [0, 0.1) is 0 Å². The van der Waals surface area contributed by atoms with Gasteiger partial charge < -0.3 is 5.11 Å². The third-order valence-electron chi connectivity index (χ3n) is 2.26. The fourth-order valence-electron chi connectivity index (χ4n) is 1.39. The Hall–Kier alpha value is -0.840. The molecule has 1 rings (SSSR count). The van der Waals surface area contributed by atoms with Gasteiger partial charge in [0.15, 0.2) is 9.84 Å². The van der Waals surface area contributed by atoms with E-state index in [-0.39, 0.29) is 11.5 Å². The van der Waals surface area contributed by atoms with Crippen LogP contribution in [0.5, 0.6) is 0 Å². The number of halogens is 1. The van der Waals surface area contributed by atoms with E-state index < -0.39 is 15.9 Å². The molecule has 1 atom stereocenters. The highest BCUT2D eigenvalue weighted by Crippen LogP contribution is 2.23. The fraction of sp³-hybridized carbons (Fsp3) is 0.333. The lowest BCUT2D eigenvalue weighted by Gasteiger charge is -2.12. The quantitative estimate of drug-likeness (QED) is 0.839. The molecule has 3 nitrogen and oxygen atoms in total. The maximum absolute atomic E-state index is 11.6. The normalized spacial score (nSPS) is 14.1. The summed E-state index contributed by atoms with van der Waals surface area (Å²) in [5, 5.41) is 10.2. The molecular weight excluding hydrogens is 260 g/mol. The second-order valence-corrected chi connectivity index (χ2v) is 6.24. The monoisotopic (exact) mass is 274 g/mol. The number of rotatable bonds is 5. The number of benzene rings is 1. The molecule has 0 saturated carbocycles. The lowest BCUT2D eigenvalue weighted by atomic mass is 10.1. The minimum atomic E-state index is -3.30. The highest BCUT2D eigenvalue weighted by Gasteiger charge is 2.19. The minimum Gasteiger partial charge on any atom is -0.387 e. The van der Waals surface area contributed by atoms with E-state index in [2.05, 4.69) is 0 Å². The van der Waals surface area contributed by atoms with Crippen LogP contribution in [-0.4, -0.2) is 25.0 Å². The average molecular weight is 275 g/mol. The molecule has 1 unspecified atom stereocenters. The van der Waals surface area contributed by atoms with Crippen LogP contribution in [-0.2, 0) is 9.84 Å². The van der Waals surface area contributed by atoms with Gasteiger partial charge >= 0.3 is 0 Å². The van der Waals surface area contributed by atoms with Crippen LogP contribution in [0.3, 0.4) is 0 Å². The van der Waals surface area contributed by atoms with Crippen LogP contribution in [0.25, 0.3) is 0 Å². The molecule has 0 saturated heterocycles. The summed E-state index contributed by atoms with van der Waals surface area (Å²) in [4.78, 5) is 0. The largest absolute Gasteiger partial charge is 0.387 e. The number of aliphatic hydroxyl groups excluding tert-OH is 1. The van der Waals surface area contributed by atoms with E-state index in [1.165, 1.54) is 0 Å². The topological polar surface area (TPSA) is 54.4 Å². The SMILES string of the molecule is CC=CCS(=O)(=O)CC(O)c1ccccc1Cl. The van der Waals surface area contributed by atoms with E-state index in [9.17, 15) is 13.5 Å². The van der Waals surface area contributed by atoms with E-state index >= 15 is 0 Å². The summed E-state index contributed by atoms with van der Waals surface area (Å²) in [6, 6.07) is 6.69. The third kappa shape index (κ3) is 4.50. The lowest BCUT2D eigenvalue weighted by Crippen LogP contribution is -2.16. The van der Waals surface area contributed by atoms with Crippen molar-refractivity contribution >= 4 is 21.4 Å². The van der Waals surface area contributed by atoms with E-state index in [1.807, 2.05) is 0 Å². The summed E-state index contributed by atoms with van der Waals surface area (Å²) in [7, 11) is -3.30. The molecule has 5 heteroatoms. The molecular formula is C12H15ClO3S. The van der Waals surface area contributed by atoms with Crippen molar-refractivity contribution in [3.63, 3.8) is 0 Å². The summed E-state index contributed by atoms with van der Waals surface area (Å²) in [6.07, 6.45) is 2.13. The van der Waals surface area contributed by atoms with Crippen LogP contribution < -0.4 is 0 Å². The van der Waals surface area contributed by atoms with Gasteiger partial charge in [0.1, 0.15) is 0 Å². The predicted octanol–water partition coefficient (Wildman–Crippen LogP) is 2.36. The summed E-state index contributed by atoms with van der Waals surface area (Å²) in [6.45, 7) is 1.75. The molecule has 0 fully saturated rings. The minimum absolute atomic E-state index is 0.0645. The Kier molecular flexibility index (Phi) is 5.18. The van der Waals surface area contributed by atoms with Gasteiger partial charge in [0, 0.05) is 10.6 Å². The molecule has 0 bridgehead atoms. The van der Waals surface area contributed by atoms with E-state index in [0.29, 0.717) is 10.6 Å². The van der Waals surface area contributed by atoms with Crippen molar-refractivity contribution in [2.24, 2.45) is 0 Å². The van der Waals surface area contributed by atoms with Crippen molar-refractivity contribution in [1.82, 2.24) is 0 Å².